The summed E-state index contributed by atoms with van der Waals surface area (Å²) in [6.07, 6.45) is 1.06. The van der Waals surface area contributed by atoms with Crippen LogP contribution in [-0.2, 0) is 19.6 Å². The fraction of sp³-hybridized carbons (Fsp3) is 0.429. The number of carbonyl (C=O) groups is 2. The number of carboxylic acids is 1. The van der Waals surface area contributed by atoms with Crippen molar-refractivity contribution in [2.24, 2.45) is 11.8 Å². The van der Waals surface area contributed by atoms with Crippen LogP contribution >= 0.6 is 0 Å². The number of amides is 1. The number of nitrogens with one attached hydrogen (secondary N) is 1. The van der Waals surface area contributed by atoms with Gasteiger partial charge in [-0.2, -0.15) is 0 Å². The molecule has 1 fully saturated rings. The van der Waals surface area contributed by atoms with Crippen molar-refractivity contribution < 1.29 is 23.1 Å². The van der Waals surface area contributed by atoms with Gasteiger partial charge in [0.1, 0.15) is 0 Å². The Balaban J connectivity index is 2.06. The van der Waals surface area contributed by atoms with Crippen LogP contribution in [0.5, 0.6) is 0 Å². The Morgan fingerprint density at radius 2 is 1.68 bits per heavy atom. The summed E-state index contributed by atoms with van der Waals surface area (Å²) in [6, 6.07) is 5.78. The summed E-state index contributed by atoms with van der Waals surface area (Å²) in [5, 5.41) is 11.6. The first-order valence-corrected chi connectivity index (χ1v) is 8.23. The lowest BCUT2D eigenvalue weighted by Gasteiger charge is -2.31. The van der Waals surface area contributed by atoms with E-state index in [1.54, 1.807) is 0 Å². The first-order valence-electron chi connectivity index (χ1n) is 6.79. The maximum absolute atomic E-state index is 12.0. The zero-order valence-electron chi connectivity index (χ0n) is 12.3. The van der Waals surface area contributed by atoms with Crippen molar-refractivity contribution in [3.8, 4) is 0 Å². The summed E-state index contributed by atoms with van der Waals surface area (Å²) >= 11 is 0. The van der Waals surface area contributed by atoms with Crippen molar-refractivity contribution in [3.05, 3.63) is 24.3 Å². The molecule has 1 aromatic carbocycles. The predicted molar refractivity (Wildman–Crippen MR) is 79.8 cm³/mol. The maximum Gasteiger partial charge on any atom is 0.307 e. The molecule has 2 rings (SSSR count). The molecular formula is C14H18N2O5S. The molecule has 0 heterocycles. The third-order valence-corrected chi connectivity index (χ3v) is 5.66. The largest absolute Gasteiger partial charge is 0.481 e. The summed E-state index contributed by atoms with van der Waals surface area (Å²) < 4.78 is 24.9. The third kappa shape index (κ3) is 3.12. The van der Waals surface area contributed by atoms with Gasteiger partial charge in [-0.05, 0) is 37.1 Å². The molecule has 2 atom stereocenters. The Hall–Kier alpha value is -1.93. The number of hydrogen-bond donors (Lipinski definition) is 2. The molecule has 0 saturated heterocycles. The van der Waals surface area contributed by atoms with Crippen LogP contribution in [0, 0.1) is 11.8 Å². The summed E-state index contributed by atoms with van der Waals surface area (Å²) in [6.45, 7) is 0. The fourth-order valence-corrected chi connectivity index (χ4v) is 3.17. The molecule has 0 bridgehead atoms. The van der Waals surface area contributed by atoms with Crippen LogP contribution in [0.3, 0.4) is 0 Å². The first-order chi connectivity index (χ1) is 10.2. The van der Waals surface area contributed by atoms with Gasteiger partial charge in [0.25, 0.3) is 0 Å². The third-order valence-electron chi connectivity index (χ3n) is 3.83. The number of sulfonamides is 1. The van der Waals surface area contributed by atoms with E-state index in [1.807, 2.05) is 0 Å². The highest BCUT2D eigenvalue weighted by atomic mass is 32.2. The molecule has 8 heteroatoms. The van der Waals surface area contributed by atoms with Gasteiger partial charge in [-0.3, -0.25) is 9.59 Å². The van der Waals surface area contributed by atoms with E-state index < -0.39 is 27.8 Å². The first kappa shape index (κ1) is 16.4. The molecule has 1 aliphatic rings. The minimum atomic E-state index is -3.51. The number of rotatable bonds is 5. The van der Waals surface area contributed by atoms with E-state index in [-0.39, 0.29) is 10.8 Å². The van der Waals surface area contributed by atoms with E-state index in [9.17, 15) is 18.0 Å². The van der Waals surface area contributed by atoms with Gasteiger partial charge in [0.15, 0.2) is 0 Å². The maximum atomic E-state index is 12.0. The quantitative estimate of drug-likeness (QED) is 0.839. The smallest absolute Gasteiger partial charge is 0.307 e. The van der Waals surface area contributed by atoms with Crippen LogP contribution in [0.1, 0.15) is 12.8 Å². The molecular weight excluding hydrogens is 308 g/mol. The molecule has 0 aliphatic heterocycles. The second-order valence-electron chi connectivity index (χ2n) is 5.43. The van der Waals surface area contributed by atoms with Crippen molar-refractivity contribution in [1.82, 2.24) is 4.31 Å². The normalized spacial score (nSPS) is 21.2. The number of anilines is 1. The topological polar surface area (TPSA) is 104 Å². The van der Waals surface area contributed by atoms with Crippen LogP contribution in [0.4, 0.5) is 5.69 Å². The lowest BCUT2D eigenvalue weighted by molar-refractivity contribution is -0.151. The summed E-state index contributed by atoms with van der Waals surface area (Å²) in [5.41, 5.74) is 0.443. The molecule has 0 aromatic heterocycles. The van der Waals surface area contributed by atoms with Gasteiger partial charge in [-0.25, -0.2) is 12.7 Å². The molecule has 0 spiro atoms. The number of benzene rings is 1. The van der Waals surface area contributed by atoms with Gasteiger partial charge in [-0.15, -0.1) is 0 Å². The monoisotopic (exact) mass is 326 g/mol. The lowest BCUT2D eigenvalue weighted by atomic mass is 9.73. The summed E-state index contributed by atoms with van der Waals surface area (Å²) in [5.74, 6) is -2.46. The van der Waals surface area contributed by atoms with E-state index in [0.717, 1.165) is 4.31 Å². The van der Waals surface area contributed by atoms with Crippen molar-refractivity contribution >= 4 is 27.6 Å². The van der Waals surface area contributed by atoms with Gasteiger partial charge in [-0.1, -0.05) is 0 Å². The zero-order chi connectivity index (χ0) is 16.5. The number of carboxylic acid groups (broad SMARTS) is 1. The SMILES string of the molecule is CN(C)S(=O)(=O)c1ccc(NC(=O)[C@@H]2CC[C@H]2C(=O)O)cc1. The molecule has 120 valence electrons. The van der Waals surface area contributed by atoms with E-state index in [0.29, 0.717) is 18.5 Å². The van der Waals surface area contributed by atoms with Crippen LogP contribution in [0.25, 0.3) is 0 Å². The van der Waals surface area contributed by atoms with Gasteiger partial charge < -0.3 is 10.4 Å². The van der Waals surface area contributed by atoms with E-state index >= 15 is 0 Å². The van der Waals surface area contributed by atoms with Crippen LogP contribution in [0.15, 0.2) is 29.2 Å². The van der Waals surface area contributed by atoms with E-state index in [4.69, 9.17) is 5.11 Å². The van der Waals surface area contributed by atoms with E-state index in [2.05, 4.69) is 5.32 Å². The van der Waals surface area contributed by atoms with E-state index in [1.165, 1.54) is 38.4 Å². The van der Waals surface area contributed by atoms with Crippen LogP contribution < -0.4 is 5.32 Å². The minimum Gasteiger partial charge on any atom is -0.481 e. The zero-order valence-corrected chi connectivity index (χ0v) is 13.1. The van der Waals surface area contributed by atoms with Gasteiger partial charge in [0.05, 0.1) is 16.7 Å². The molecule has 1 aliphatic carbocycles. The fourth-order valence-electron chi connectivity index (χ4n) is 2.27. The average molecular weight is 326 g/mol. The second-order valence-corrected chi connectivity index (χ2v) is 7.58. The lowest BCUT2D eigenvalue weighted by Crippen LogP contribution is -2.41. The molecule has 1 amide bonds. The number of nitrogens with zero attached hydrogens (tertiary/aromatic N) is 1. The molecule has 2 N–H and O–H groups in total. The minimum absolute atomic E-state index is 0.127. The molecule has 1 saturated carbocycles. The van der Waals surface area contributed by atoms with Crippen molar-refractivity contribution in [3.63, 3.8) is 0 Å². The molecule has 0 radical (unpaired) electrons. The van der Waals surface area contributed by atoms with Crippen molar-refractivity contribution in [2.75, 3.05) is 19.4 Å². The Morgan fingerprint density at radius 1 is 1.14 bits per heavy atom. The van der Waals surface area contributed by atoms with Crippen LogP contribution in [-0.4, -0.2) is 43.8 Å². The number of carbonyl (C=O) groups excluding carboxylic acids is 1. The Kier molecular flexibility index (Phi) is 4.52. The van der Waals surface area contributed by atoms with Gasteiger partial charge >= 0.3 is 5.97 Å². The predicted octanol–water partition coefficient (Wildman–Crippen LogP) is 0.986. The molecule has 22 heavy (non-hydrogen) atoms. The Labute approximate surface area is 129 Å². The molecule has 1 aromatic rings. The summed E-state index contributed by atoms with van der Waals surface area (Å²) in [7, 11) is -0.633. The number of hydrogen-bond acceptors (Lipinski definition) is 4. The summed E-state index contributed by atoms with van der Waals surface area (Å²) in [4.78, 5) is 23.0. The Morgan fingerprint density at radius 3 is 2.09 bits per heavy atom. The highest BCUT2D eigenvalue weighted by Crippen LogP contribution is 2.35. The second kappa shape index (κ2) is 6.05. The average Bonchev–Trinajstić information content (AvgIpc) is 2.36. The van der Waals surface area contributed by atoms with Crippen LogP contribution in [0.2, 0.25) is 0 Å². The highest BCUT2D eigenvalue weighted by molar-refractivity contribution is 7.89. The van der Waals surface area contributed by atoms with Crippen molar-refractivity contribution in [1.29, 1.82) is 0 Å². The highest BCUT2D eigenvalue weighted by Gasteiger charge is 2.41. The molecule has 0 unspecified atom stereocenters. The molecule has 7 nitrogen and oxygen atoms in total. The Bertz CT molecular complexity index is 682. The van der Waals surface area contributed by atoms with Gasteiger partial charge in [0, 0.05) is 19.8 Å². The van der Waals surface area contributed by atoms with Crippen molar-refractivity contribution in [2.45, 2.75) is 17.7 Å². The van der Waals surface area contributed by atoms with Gasteiger partial charge in [0.2, 0.25) is 15.9 Å². The standard InChI is InChI=1S/C14H18N2O5S/c1-16(2)22(20,21)10-5-3-9(4-6-10)15-13(17)11-7-8-12(11)14(18)19/h3-6,11-12H,7-8H2,1-2H3,(H,15,17)(H,18,19)/t11-,12-/m1/s1. The number of aliphatic carboxylic acids is 1.